The van der Waals surface area contributed by atoms with Crippen molar-refractivity contribution in [2.75, 3.05) is 19.6 Å². The Morgan fingerprint density at radius 1 is 1.32 bits per heavy atom. The summed E-state index contributed by atoms with van der Waals surface area (Å²) in [6, 6.07) is -0.0272. The van der Waals surface area contributed by atoms with Gasteiger partial charge in [-0.15, -0.1) is 0 Å². The Balaban J connectivity index is 1.86. The first kappa shape index (κ1) is 14.8. The van der Waals surface area contributed by atoms with Gasteiger partial charge in [0.25, 0.3) is 0 Å². The van der Waals surface area contributed by atoms with Gasteiger partial charge in [-0.2, -0.15) is 0 Å². The number of β-amino-alcohol motifs (C(OH)–C–C–N with tert-alkyl or cyclic N) is 1. The van der Waals surface area contributed by atoms with E-state index in [2.05, 4.69) is 12.2 Å². The van der Waals surface area contributed by atoms with Crippen LogP contribution in [0.3, 0.4) is 0 Å². The van der Waals surface area contributed by atoms with Crippen LogP contribution in [-0.4, -0.2) is 47.2 Å². The summed E-state index contributed by atoms with van der Waals surface area (Å²) in [5, 5.41) is 13.9. The van der Waals surface area contributed by atoms with Gasteiger partial charge in [0.05, 0.1) is 11.6 Å². The fraction of sp³-hybridized carbons (Fsp3) is 0.933. The van der Waals surface area contributed by atoms with Crippen LogP contribution in [0.15, 0.2) is 0 Å². The van der Waals surface area contributed by atoms with Crippen LogP contribution in [-0.2, 0) is 4.79 Å². The molecule has 0 aromatic rings. The van der Waals surface area contributed by atoms with Gasteiger partial charge in [0.15, 0.2) is 0 Å². The number of likely N-dealkylation sites (tertiary alicyclic amines) is 1. The van der Waals surface area contributed by atoms with E-state index < -0.39 is 5.60 Å². The third-order valence-corrected chi connectivity index (χ3v) is 4.85. The highest BCUT2D eigenvalue weighted by Gasteiger charge is 2.39. The molecule has 0 aromatic heterocycles. The molecule has 1 aliphatic heterocycles. The zero-order chi connectivity index (χ0) is 13.9. The number of likely N-dealkylation sites (N-methyl/N-ethyl adjacent to an activating group) is 1. The lowest BCUT2D eigenvalue weighted by atomic mass is 9.77. The highest BCUT2D eigenvalue weighted by atomic mass is 16.3. The van der Waals surface area contributed by atoms with Gasteiger partial charge in [-0.3, -0.25) is 4.79 Å². The normalized spacial score (nSPS) is 35.9. The molecule has 1 amide bonds. The Labute approximate surface area is 116 Å². The highest BCUT2D eigenvalue weighted by Crippen LogP contribution is 2.34. The molecule has 1 saturated carbocycles. The van der Waals surface area contributed by atoms with Crippen molar-refractivity contribution in [1.82, 2.24) is 10.2 Å². The molecule has 1 atom stereocenters. The predicted octanol–water partition coefficient (Wildman–Crippen LogP) is 1.53. The lowest BCUT2D eigenvalue weighted by Gasteiger charge is -2.38. The third kappa shape index (κ3) is 3.48. The maximum Gasteiger partial charge on any atom is 0.239 e. The Hall–Kier alpha value is -0.610. The predicted molar refractivity (Wildman–Crippen MR) is 75.9 cm³/mol. The van der Waals surface area contributed by atoms with E-state index in [9.17, 15) is 9.90 Å². The first-order chi connectivity index (χ1) is 9.08. The number of rotatable bonds is 5. The summed E-state index contributed by atoms with van der Waals surface area (Å²) in [6.07, 6.45) is 5.99. The molecule has 2 aliphatic rings. The second-order valence-electron chi connectivity index (χ2n) is 6.23. The molecule has 2 fully saturated rings. The summed E-state index contributed by atoms with van der Waals surface area (Å²) >= 11 is 0. The molecule has 19 heavy (non-hydrogen) atoms. The van der Waals surface area contributed by atoms with Crippen molar-refractivity contribution in [2.45, 2.75) is 64.0 Å². The maximum atomic E-state index is 12.2. The monoisotopic (exact) mass is 268 g/mol. The van der Waals surface area contributed by atoms with Crippen molar-refractivity contribution in [1.29, 1.82) is 0 Å². The Kier molecular flexibility index (Phi) is 4.85. The fourth-order valence-electron chi connectivity index (χ4n) is 3.47. The van der Waals surface area contributed by atoms with Crippen LogP contribution in [0.1, 0.15) is 52.4 Å². The van der Waals surface area contributed by atoms with Crippen LogP contribution < -0.4 is 5.32 Å². The summed E-state index contributed by atoms with van der Waals surface area (Å²) in [5.41, 5.74) is -0.636. The lowest BCUT2D eigenvalue weighted by Crippen LogP contribution is -2.48. The highest BCUT2D eigenvalue weighted by molar-refractivity contribution is 5.84. The lowest BCUT2D eigenvalue weighted by molar-refractivity contribution is -0.133. The minimum atomic E-state index is -0.636. The Morgan fingerprint density at radius 3 is 2.58 bits per heavy atom. The Bertz CT molecular complexity index is 311. The Morgan fingerprint density at radius 2 is 2.00 bits per heavy atom. The molecule has 4 nitrogen and oxygen atoms in total. The van der Waals surface area contributed by atoms with Gasteiger partial charge in [0.2, 0.25) is 5.91 Å². The second-order valence-corrected chi connectivity index (χ2v) is 6.23. The van der Waals surface area contributed by atoms with Gasteiger partial charge in [0, 0.05) is 13.1 Å². The summed E-state index contributed by atoms with van der Waals surface area (Å²) in [6.45, 7) is 6.39. The van der Waals surface area contributed by atoms with E-state index in [1.807, 2.05) is 11.8 Å². The number of nitrogens with one attached hydrogen (secondary N) is 1. The van der Waals surface area contributed by atoms with Crippen molar-refractivity contribution in [2.24, 2.45) is 5.92 Å². The molecule has 0 aromatic carbocycles. The van der Waals surface area contributed by atoms with E-state index in [0.29, 0.717) is 6.54 Å². The first-order valence-corrected chi connectivity index (χ1v) is 7.82. The summed E-state index contributed by atoms with van der Waals surface area (Å²) in [7, 11) is 0. The molecular formula is C15H28N2O2. The molecule has 1 saturated heterocycles. The quantitative estimate of drug-likeness (QED) is 0.795. The second kappa shape index (κ2) is 6.23. The van der Waals surface area contributed by atoms with Crippen LogP contribution in [0.2, 0.25) is 0 Å². The standard InChI is InChI=1S/C15H28N2O2/c1-3-12-5-8-15(19,9-6-12)11-17-10-7-13(14(17)18)16-4-2/h12-13,16,19H,3-11H2,1-2H3. The molecule has 110 valence electrons. The third-order valence-electron chi connectivity index (χ3n) is 4.85. The average molecular weight is 268 g/mol. The largest absolute Gasteiger partial charge is 0.388 e. The summed E-state index contributed by atoms with van der Waals surface area (Å²) in [5.74, 6) is 0.942. The summed E-state index contributed by atoms with van der Waals surface area (Å²) < 4.78 is 0. The van der Waals surface area contributed by atoms with E-state index in [1.165, 1.54) is 6.42 Å². The van der Waals surface area contributed by atoms with Crippen molar-refractivity contribution < 1.29 is 9.90 Å². The molecule has 0 radical (unpaired) electrons. The van der Waals surface area contributed by atoms with Gasteiger partial charge in [0.1, 0.15) is 0 Å². The van der Waals surface area contributed by atoms with Crippen LogP contribution in [0.25, 0.3) is 0 Å². The molecular weight excluding hydrogens is 240 g/mol. The van der Waals surface area contributed by atoms with Gasteiger partial charge in [-0.25, -0.2) is 0 Å². The number of carbonyl (C=O) groups excluding carboxylic acids is 1. The van der Waals surface area contributed by atoms with Crippen LogP contribution in [0, 0.1) is 5.92 Å². The minimum absolute atomic E-state index is 0.0272. The zero-order valence-corrected chi connectivity index (χ0v) is 12.3. The number of nitrogens with zero attached hydrogens (tertiary/aromatic N) is 1. The topological polar surface area (TPSA) is 52.6 Å². The van der Waals surface area contributed by atoms with Crippen LogP contribution in [0.5, 0.6) is 0 Å². The van der Waals surface area contributed by atoms with Crippen molar-refractivity contribution >= 4 is 5.91 Å². The first-order valence-electron chi connectivity index (χ1n) is 7.82. The van der Waals surface area contributed by atoms with Gasteiger partial charge in [-0.05, 0) is 44.6 Å². The molecule has 2 rings (SSSR count). The summed E-state index contributed by atoms with van der Waals surface area (Å²) in [4.78, 5) is 14.0. The molecule has 1 aliphatic carbocycles. The number of hydrogen-bond donors (Lipinski definition) is 2. The molecule has 1 unspecified atom stereocenters. The number of hydrogen-bond acceptors (Lipinski definition) is 3. The van der Waals surface area contributed by atoms with E-state index in [4.69, 9.17) is 0 Å². The SMILES string of the molecule is CCNC1CCN(CC2(O)CCC(CC)CC2)C1=O. The van der Waals surface area contributed by atoms with Crippen molar-refractivity contribution in [3.8, 4) is 0 Å². The van der Waals surface area contributed by atoms with E-state index >= 15 is 0 Å². The fourth-order valence-corrected chi connectivity index (χ4v) is 3.47. The van der Waals surface area contributed by atoms with Gasteiger partial charge >= 0.3 is 0 Å². The maximum absolute atomic E-state index is 12.2. The molecule has 0 spiro atoms. The van der Waals surface area contributed by atoms with Gasteiger partial charge < -0.3 is 15.3 Å². The smallest absolute Gasteiger partial charge is 0.239 e. The van der Waals surface area contributed by atoms with Crippen LogP contribution >= 0.6 is 0 Å². The number of amides is 1. The average Bonchev–Trinajstić information content (AvgIpc) is 2.73. The van der Waals surface area contributed by atoms with E-state index in [-0.39, 0.29) is 11.9 Å². The van der Waals surface area contributed by atoms with E-state index in [0.717, 1.165) is 51.1 Å². The zero-order valence-electron chi connectivity index (χ0n) is 12.3. The van der Waals surface area contributed by atoms with Crippen molar-refractivity contribution in [3.63, 3.8) is 0 Å². The minimum Gasteiger partial charge on any atom is -0.388 e. The van der Waals surface area contributed by atoms with E-state index in [1.54, 1.807) is 0 Å². The molecule has 2 N–H and O–H groups in total. The number of aliphatic hydroxyl groups is 1. The molecule has 1 heterocycles. The molecule has 0 bridgehead atoms. The van der Waals surface area contributed by atoms with Crippen molar-refractivity contribution in [3.05, 3.63) is 0 Å². The number of carbonyl (C=O) groups is 1. The molecule has 4 heteroatoms. The van der Waals surface area contributed by atoms with Gasteiger partial charge in [-0.1, -0.05) is 20.3 Å². The van der Waals surface area contributed by atoms with Crippen LogP contribution in [0.4, 0.5) is 0 Å².